The quantitative estimate of drug-likeness (QED) is 0.652. The Kier molecular flexibility index (Phi) is 4.71. The monoisotopic (exact) mass is 410 g/mol. The van der Waals surface area contributed by atoms with E-state index >= 15 is 0 Å². The van der Waals surface area contributed by atoms with Gasteiger partial charge in [0.2, 0.25) is 11.8 Å². The van der Waals surface area contributed by atoms with Crippen molar-refractivity contribution in [3.05, 3.63) is 34.9 Å². The third kappa shape index (κ3) is 3.06. The molecule has 3 amide bonds. The van der Waals surface area contributed by atoms with Crippen molar-refractivity contribution in [3.63, 3.8) is 0 Å². The van der Waals surface area contributed by atoms with E-state index in [1.165, 1.54) is 12.8 Å². The Balaban J connectivity index is 1.26. The molecule has 7 heteroatoms. The fourth-order valence-corrected chi connectivity index (χ4v) is 6.09. The molecule has 5 rings (SSSR count). The average molecular weight is 411 g/mol. The number of carbonyl (C=O) groups excluding carboxylic acids is 3. The van der Waals surface area contributed by atoms with Gasteiger partial charge in [0, 0.05) is 37.2 Å². The van der Waals surface area contributed by atoms with Gasteiger partial charge in [-0.3, -0.25) is 19.7 Å². The van der Waals surface area contributed by atoms with Crippen LogP contribution in [0.25, 0.3) is 0 Å². The third-order valence-corrected chi connectivity index (χ3v) is 7.65. The Labute approximate surface area is 177 Å². The summed E-state index contributed by atoms with van der Waals surface area (Å²) in [7, 11) is 0. The smallest absolute Gasteiger partial charge is 0.255 e. The number of imide groups is 1. The van der Waals surface area contributed by atoms with Gasteiger partial charge in [0.25, 0.3) is 5.91 Å². The van der Waals surface area contributed by atoms with Crippen LogP contribution in [0.2, 0.25) is 0 Å². The van der Waals surface area contributed by atoms with Gasteiger partial charge in [-0.05, 0) is 54.3 Å². The van der Waals surface area contributed by atoms with Crippen LogP contribution in [0.3, 0.4) is 0 Å². The molecule has 4 aliphatic rings. The Bertz CT molecular complexity index is 912. The molecule has 2 saturated heterocycles. The van der Waals surface area contributed by atoms with Gasteiger partial charge in [-0.25, -0.2) is 0 Å². The van der Waals surface area contributed by atoms with E-state index in [1.807, 2.05) is 12.1 Å². The largest absolute Gasteiger partial charge is 0.322 e. The van der Waals surface area contributed by atoms with Crippen LogP contribution in [-0.2, 0) is 22.7 Å². The molecular weight excluding hydrogens is 380 g/mol. The molecule has 1 aliphatic carbocycles. The SMILES string of the molecule is CC1(C)C2NCCCC2C1NCc1ccc2c(c1)CN(C1CCC(=O)NC1=O)C2=O. The number of hydrogen-bond donors (Lipinski definition) is 3. The van der Waals surface area contributed by atoms with Crippen LogP contribution in [0.5, 0.6) is 0 Å². The first-order valence-corrected chi connectivity index (χ1v) is 11.1. The molecule has 160 valence electrons. The van der Waals surface area contributed by atoms with Gasteiger partial charge in [-0.1, -0.05) is 26.0 Å². The molecule has 3 heterocycles. The van der Waals surface area contributed by atoms with Crippen LogP contribution in [0.15, 0.2) is 18.2 Å². The Morgan fingerprint density at radius 2 is 2.03 bits per heavy atom. The standard InChI is InChI=1S/C23H30N4O3/c1-23(2)19-16(4-3-9-24-19)20(23)25-11-13-5-6-15-14(10-13)12-27(22(15)30)17-7-8-18(28)26-21(17)29/h5-6,10,16-17,19-20,24-25H,3-4,7-9,11-12H2,1-2H3,(H,26,28,29). The molecule has 0 spiro atoms. The van der Waals surface area contributed by atoms with Crippen LogP contribution in [-0.4, -0.2) is 47.3 Å². The minimum atomic E-state index is -0.560. The van der Waals surface area contributed by atoms with Crippen molar-refractivity contribution in [1.29, 1.82) is 0 Å². The molecule has 3 fully saturated rings. The van der Waals surface area contributed by atoms with E-state index in [1.54, 1.807) is 4.90 Å². The minimum absolute atomic E-state index is 0.116. The molecule has 1 aromatic carbocycles. The van der Waals surface area contributed by atoms with Crippen molar-refractivity contribution in [2.75, 3.05) is 6.54 Å². The lowest BCUT2D eigenvalue weighted by atomic mass is 9.53. The number of rotatable bonds is 4. The van der Waals surface area contributed by atoms with Crippen molar-refractivity contribution in [1.82, 2.24) is 20.9 Å². The highest BCUT2D eigenvalue weighted by Gasteiger charge is 2.56. The van der Waals surface area contributed by atoms with Crippen LogP contribution >= 0.6 is 0 Å². The van der Waals surface area contributed by atoms with Gasteiger partial charge < -0.3 is 15.5 Å². The summed E-state index contributed by atoms with van der Waals surface area (Å²) in [5, 5.41) is 9.81. The van der Waals surface area contributed by atoms with Crippen molar-refractivity contribution in [2.45, 2.75) is 70.7 Å². The summed E-state index contributed by atoms with van der Waals surface area (Å²) >= 11 is 0. The second-order valence-corrected chi connectivity index (χ2v) is 9.81. The summed E-state index contributed by atoms with van der Waals surface area (Å²) in [6.07, 6.45) is 3.19. The minimum Gasteiger partial charge on any atom is -0.322 e. The van der Waals surface area contributed by atoms with Crippen molar-refractivity contribution < 1.29 is 14.4 Å². The molecule has 3 N–H and O–H groups in total. The van der Waals surface area contributed by atoms with Gasteiger partial charge in [0.05, 0.1) is 0 Å². The zero-order chi connectivity index (χ0) is 21.0. The first-order chi connectivity index (χ1) is 14.4. The third-order valence-electron chi connectivity index (χ3n) is 7.65. The van der Waals surface area contributed by atoms with E-state index in [4.69, 9.17) is 0 Å². The molecule has 1 saturated carbocycles. The fraction of sp³-hybridized carbons (Fsp3) is 0.609. The van der Waals surface area contributed by atoms with E-state index in [9.17, 15) is 14.4 Å². The van der Waals surface area contributed by atoms with Crippen molar-refractivity contribution in [2.24, 2.45) is 11.3 Å². The summed E-state index contributed by atoms with van der Waals surface area (Å²) in [6, 6.07) is 6.52. The number of benzene rings is 1. The summed E-state index contributed by atoms with van der Waals surface area (Å²) in [6.45, 7) is 7.00. The highest BCUT2D eigenvalue weighted by molar-refractivity contribution is 6.05. The number of piperidine rings is 2. The topological polar surface area (TPSA) is 90.5 Å². The molecule has 7 nitrogen and oxygen atoms in total. The Morgan fingerprint density at radius 3 is 2.83 bits per heavy atom. The molecule has 0 radical (unpaired) electrons. The zero-order valence-corrected chi connectivity index (χ0v) is 17.7. The number of hydrogen-bond acceptors (Lipinski definition) is 5. The highest BCUT2D eigenvalue weighted by atomic mass is 16.2. The van der Waals surface area contributed by atoms with Gasteiger partial charge in [-0.2, -0.15) is 0 Å². The predicted molar refractivity (Wildman–Crippen MR) is 111 cm³/mol. The lowest BCUT2D eigenvalue weighted by Gasteiger charge is -2.61. The van der Waals surface area contributed by atoms with Crippen molar-refractivity contribution >= 4 is 17.7 Å². The summed E-state index contributed by atoms with van der Waals surface area (Å²) < 4.78 is 0. The van der Waals surface area contributed by atoms with E-state index in [-0.39, 0.29) is 29.6 Å². The normalized spacial score (nSPS) is 32.3. The molecule has 0 aromatic heterocycles. The van der Waals surface area contributed by atoms with Crippen LogP contribution in [0, 0.1) is 11.3 Å². The molecule has 3 aliphatic heterocycles. The van der Waals surface area contributed by atoms with Gasteiger partial charge >= 0.3 is 0 Å². The van der Waals surface area contributed by atoms with E-state index in [0.29, 0.717) is 36.5 Å². The second kappa shape index (κ2) is 7.17. The predicted octanol–water partition coefficient (Wildman–Crippen LogP) is 1.31. The maximum absolute atomic E-state index is 12.8. The summed E-state index contributed by atoms with van der Waals surface area (Å²) in [5.74, 6) is -0.0525. The van der Waals surface area contributed by atoms with E-state index in [2.05, 4.69) is 35.9 Å². The number of carbonyl (C=O) groups is 3. The maximum atomic E-state index is 12.8. The van der Waals surface area contributed by atoms with Crippen LogP contribution in [0.1, 0.15) is 61.0 Å². The molecule has 4 unspecified atom stereocenters. The summed E-state index contributed by atoms with van der Waals surface area (Å²) in [5.41, 5.74) is 3.04. The molecule has 30 heavy (non-hydrogen) atoms. The number of nitrogens with one attached hydrogen (secondary N) is 3. The summed E-state index contributed by atoms with van der Waals surface area (Å²) in [4.78, 5) is 38.1. The van der Waals surface area contributed by atoms with E-state index in [0.717, 1.165) is 24.2 Å². The second-order valence-electron chi connectivity index (χ2n) is 9.81. The van der Waals surface area contributed by atoms with Crippen LogP contribution in [0.4, 0.5) is 0 Å². The first kappa shape index (κ1) is 19.7. The molecule has 4 atom stereocenters. The lowest BCUT2D eigenvalue weighted by molar-refractivity contribution is -0.136. The molecule has 1 aromatic rings. The Hall–Kier alpha value is -2.25. The average Bonchev–Trinajstić information content (AvgIpc) is 3.04. The molecule has 0 bridgehead atoms. The zero-order valence-electron chi connectivity index (χ0n) is 17.7. The van der Waals surface area contributed by atoms with Crippen LogP contribution < -0.4 is 16.0 Å². The van der Waals surface area contributed by atoms with Gasteiger partial charge in [-0.15, -0.1) is 0 Å². The number of amides is 3. The van der Waals surface area contributed by atoms with Gasteiger partial charge in [0.1, 0.15) is 6.04 Å². The number of nitrogens with zero attached hydrogens (tertiary/aromatic N) is 1. The van der Waals surface area contributed by atoms with E-state index < -0.39 is 6.04 Å². The van der Waals surface area contributed by atoms with Crippen molar-refractivity contribution in [3.8, 4) is 0 Å². The first-order valence-electron chi connectivity index (χ1n) is 11.1. The maximum Gasteiger partial charge on any atom is 0.255 e. The Morgan fingerprint density at radius 1 is 1.20 bits per heavy atom. The highest BCUT2D eigenvalue weighted by Crippen LogP contribution is 2.49. The lowest BCUT2D eigenvalue weighted by Crippen LogP contribution is -2.73. The van der Waals surface area contributed by atoms with Gasteiger partial charge in [0.15, 0.2) is 0 Å². The number of fused-ring (bicyclic) bond motifs is 2. The fourth-order valence-electron chi connectivity index (χ4n) is 6.09. The molecular formula is C23H30N4O3.